The molecule has 30 heavy (non-hydrogen) atoms. The SMILES string of the molecule is C[C@@H](OC(=O)C1SCCS1)[C@H]1C(=O)N2C(C(=O)O)=C(SC(S)c3nnnn3C)S[C@H]12. The molecule has 2 saturated heterocycles. The Balaban J connectivity index is 1.46. The van der Waals surface area contributed by atoms with Crippen LogP contribution in [0.15, 0.2) is 9.93 Å². The number of esters is 1. The number of nitrogens with zero attached hydrogens (tertiary/aromatic N) is 5. The maximum Gasteiger partial charge on any atom is 0.354 e. The van der Waals surface area contributed by atoms with Gasteiger partial charge >= 0.3 is 11.9 Å². The summed E-state index contributed by atoms with van der Waals surface area (Å²) in [6.07, 6.45) is -0.644. The van der Waals surface area contributed by atoms with Gasteiger partial charge in [0.25, 0.3) is 0 Å². The number of thioether (sulfide) groups is 4. The molecule has 1 N–H and O–H groups in total. The standard InChI is InChI=1S/C15H17N5O5S5/c1-5(25-12(24)15-27-3-4-28-15)6-9(21)20-7(11(22)23)14(29-10(6)20)30-13(26)8-16-17-18-19(8)2/h5-6,10,13,15,26H,3-4H2,1-2H3,(H,22,23)/t5-,6+,10-,13?/m1/s1. The number of carbonyl (C=O) groups is 3. The Morgan fingerprint density at radius 3 is 2.67 bits per heavy atom. The number of aromatic nitrogens is 4. The Morgan fingerprint density at radius 1 is 1.37 bits per heavy atom. The number of β-lactam (4-membered cyclic amide) rings is 1. The van der Waals surface area contributed by atoms with Gasteiger partial charge in [-0.25, -0.2) is 14.3 Å². The molecule has 4 atom stereocenters. The molecular weight excluding hydrogens is 491 g/mol. The van der Waals surface area contributed by atoms with Crippen molar-refractivity contribution in [2.75, 3.05) is 11.5 Å². The van der Waals surface area contributed by atoms with E-state index in [0.717, 1.165) is 11.5 Å². The van der Waals surface area contributed by atoms with Gasteiger partial charge in [0.05, 0.1) is 4.24 Å². The van der Waals surface area contributed by atoms with Crippen molar-refractivity contribution in [2.45, 2.75) is 27.6 Å². The molecule has 1 amide bonds. The lowest BCUT2D eigenvalue weighted by Crippen LogP contribution is -2.61. The summed E-state index contributed by atoms with van der Waals surface area (Å²) in [5, 5.41) is 20.5. The number of hydrogen-bond donors (Lipinski definition) is 2. The predicted octanol–water partition coefficient (Wildman–Crippen LogP) is 1.39. The van der Waals surface area contributed by atoms with Crippen molar-refractivity contribution in [1.29, 1.82) is 0 Å². The molecule has 0 aliphatic carbocycles. The molecule has 1 aromatic rings. The molecule has 2 fully saturated rings. The number of aryl methyl sites for hydroxylation is 1. The van der Waals surface area contributed by atoms with Gasteiger partial charge in [0, 0.05) is 18.6 Å². The molecule has 0 aromatic carbocycles. The lowest BCUT2D eigenvalue weighted by molar-refractivity contribution is -0.165. The van der Waals surface area contributed by atoms with Gasteiger partial charge in [-0.05, 0) is 17.4 Å². The van der Waals surface area contributed by atoms with Crippen LogP contribution in [0.5, 0.6) is 0 Å². The van der Waals surface area contributed by atoms with Gasteiger partial charge in [0.1, 0.15) is 26.6 Å². The van der Waals surface area contributed by atoms with Gasteiger partial charge in [-0.2, -0.15) is 12.6 Å². The van der Waals surface area contributed by atoms with Gasteiger partial charge in [0.2, 0.25) is 5.91 Å². The predicted molar refractivity (Wildman–Crippen MR) is 119 cm³/mol. The Hall–Kier alpha value is -1.03. The van der Waals surface area contributed by atoms with Crippen molar-refractivity contribution in [3.8, 4) is 0 Å². The molecule has 1 unspecified atom stereocenters. The quantitative estimate of drug-likeness (QED) is 0.240. The molecule has 3 aliphatic heterocycles. The van der Waals surface area contributed by atoms with Gasteiger partial charge in [0.15, 0.2) is 11.5 Å². The Labute approximate surface area is 194 Å². The first-order chi connectivity index (χ1) is 14.3. The number of carboxylic acid groups (broad SMARTS) is 1. The minimum atomic E-state index is -1.20. The zero-order valence-corrected chi connectivity index (χ0v) is 19.9. The van der Waals surface area contributed by atoms with Crippen molar-refractivity contribution >= 4 is 77.5 Å². The summed E-state index contributed by atoms with van der Waals surface area (Å²) in [6, 6.07) is 0. The fourth-order valence-electron chi connectivity index (χ4n) is 3.23. The Bertz CT molecular complexity index is 919. The molecule has 4 heterocycles. The zero-order chi connectivity index (χ0) is 21.6. The molecule has 162 valence electrons. The normalized spacial score (nSPS) is 25.8. The number of carbonyl (C=O) groups excluding carboxylic acids is 2. The minimum absolute atomic E-state index is 0.0779. The third-order valence-corrected chi connectivity index (χ3v) is 10.7. The number of carboxylic acids is 1. The van der Waals surface area contributed by atoms with Crippen LogP contribution < -0.4 is 0 Å². The first-order valence-electron chi connectivity index (χ1n) is 8.77. The number of amides is 1. The number of tetrazole rings is 1. The second-order valence-corrected chi connectivity index (χ2v) is 12.6. The molecule has 10 nitrogen and oxygen atoms in total. The summed E-state index contributed by atoms with van der Waals surface area (Å²) >= 11 is 9.98. The van der Waals surface area contributed by atoms with E-state index >= 15 is 0 Å². The highest BCUT2D eigenvalue weighted by Crippen LogP contribution is 2.57. The average Bonchev–Trinajstić information content (AvgIpc) is 3.40. The summed E-state index contributed by atoms with van der Waals surface area (Å²) in [6.45, 7) is 1.68. The summed E-state index contributed by atoms with van der Waals surface area (Å²) in [5.41, 5.74) is -0.0779. The van der Waals surface area contributed by atoms with Crippen LogP contribution in [0.1, 0.15) is 17.3 Å². The minimum Gasteiger partial charge on any atom is -0.477 e. The molecule has 1 aromatic heterocycles. The van der Waals surface area contributed by atoms with Crippen molar-refractivity contribution in [3.63, 3.8) is 0 Å². The zero-order valence-electron chi connectivity index (χ0n) is 15.7. The smallest absolute Gasteiger partial charge is 0.354 e. The fraction of sp³-hybridized carbons (Fsp3) is 0.600. The maximum atomic E-state index is 12.8. The van der Waals surface area contributed by atoms with E-state index in [-0.39, 0.29) is 22.2 Å². The summed E-state index contributed by atoms with van der Waals surface area (Å²) in [7, 11) is 1.66. The van der Waals surface area contributed by atoms with Crippen LogP contribution in [-0.4, -0.2) is 75.6 Å². The summed E-state index contributed by atoms with van der Waals surface area (Å²) < 4.78 is 6.67. The average molecular weight is 508 g/mol. The van der Waals surface area contributed by atoms with E-state index in [1.165, 1.54) is 56.6 Å². The van der Waals surface area contributed by atoms with Crippen molar-refractivity contribution < 1.29 is 24.2 Å². The van der Waals surface area contributed by atoms with Crippen LogP contribution >= 0.6 is 59.7 Å². The number of thiol groups is 1. The van der Waals surface area contributed by atoms with Gasteiger partial charge in [-0.3, -0.25) is 9.69 Å². The van der Waals surface area contributed by atoms with Crippen LogP contribution in [0.4, 0.5) is 0 Å². The van der Waals surface area contributed by atoms with E-state index in [1.807, 2.05) is 0 Å². The highest BCUT2D eigenvalue weighted by molar-refractivity contribution is 8.26. The van der Waals surface area contributed by atoms with Crippen LogP contribution in [-0.2, 0) is 26.2 Å². The summed E-state index contributed by atoms with van der Waals surface area (Å²) in [4.78, 5) is 38.2. The second kappa shape index (κ2) is 8.84. The van der Waals surface area contributed by atoms with Gasteiger partial charge < -0.3 is 9.84 Å². The molecule has 0 spiro atoms. The summed E-state index contributed by atoms with van der Waals surface area (Å²) in [5.74, 6) is -0.235. The monoisotopic (exact) mass is 507 g/mol. The lowest BCUT2D eigenvalue weighted by Gasteiger charge is -2.44. The van der Waals surface area contributed by atoms with Crippen LogP contribution in [0.3, 0.4) is 0 Å². The third kappa shape index (κ3) is 3.94. The highest BCUT2D eigenvalue weighted by Gasteiger charge is 2.59. The lowest BCUT2D eigenvalue weighted by atomic mass is 9.92. The van der Waals surface area contributed by atoms with E-state index in [4.69, 9.17) is 4.74 Å². The van der Waals surface area contributed by atoms with Crippen molar-refractivity contribution in [2.24, 2.45) is 13.0 Å². The maximum absolute atomic E-state index is 12.8. The third-order valence-electron chi connectivity index (χ3n) is 4.66. The topological polar surface area (TPSA) is 128 Å². The van der Waals surface area contributed by atoms with Crippen LogP contribution in [0.25, 0.3) is 0 Å². The molecule has 0 radical (unpaired) electrons. The molecule has 0 bridgehead atoms. The van der Waals surface area contributed by atoms with Crippen molar-refractivity contribution in [1.82, 2.24) is 25.1 Å². The van der Waals surface area contributed by atoms with E-state index in [1.54, 1.807) is 14.0 Å². The fourth-order valence-corrected chi connectivity index (χ4v) is 9.45. The highest BCUT2D eigenvalue weighted by atomic mass is 32.2. The number of ether oxygens (including phenoxy) is 1. The molecule has 15 heteroatoms. The second-order valence-electron chi connectivity index (χ2n) is 6.53. The number of fused-ring (bicyclic) bond motifs is 1. The largest absolute Gasteiger partial charge is 0.477 e. The Kier molecular flexibility index (Phi) is 6.53. The Morgan fingerprint density at radius 2 is 2.07 bits per heavy atom. The van der Waals surface area contributed by atoms with E-state index < -0.39 is 27.9 Å². The van der Waals surface area contributed by atoms with E-state index in [2.05, 4.69) is 28.2 Å². The molecule has 4 rings (SSSR count). The number of aliphatic carboxylic acids is 1. The van der Waals surface area contributed by atoms with Crippen LogP contribution in [0.2, 0.25) is 0 Å². The molecule has 3 aliphatic rings. The van der Waals surface area contributed by atoms with Gasteiger partial charge in [-0.15, -0.1) is 28.6 Å². The number of hydrogen-bond acceptors (Lipinski definition) is 12. The van der Waals surface area contributed by atoms with Crippen LogP contribution in [0, 0.1) is 5.92 Å². The van der Waals surface area contributed by atoms with E-state index in [0.29, 0.717) is 10.1 Å². The molecule has 0 saturated carbocycles. The molecular formula is C15H17N5O5S5. The first kappa shape index (κ1) is 22.2. The van der Waals surface area contributed by atoms with Gasteiger partial charge in [-0.1, -0.05) is 23.5 Å². The number of rotatable bonds is 7. The van der Waals surface area contributed by atoms with E-state index in [9.17, 15) is 19.5 Å². The van der Waals surface area contributed by atoms with Crippen molar-refractivity contribution in [3.05, 3.63) is 15.8 Å². The first-order valence-corrected chi connectivity index (χ1v) is 13.1.